The Bertz CT molecular complexity index is 759. The summed E-state index contributed by atoms with van der Waals surface area (Å²) in [7, 11) is 0. The van der Waals surface area contributed by atoms with E-state index in [4.69, 9.17) is 0 Å². The largest absolute Gasteiger partial charge is 0.352 e. The molecule has 0 unspecified atom stereocenters. The SMILES string of the molecule is CCCCNC(=O)c1ccc(CN2C(=O)CSc3ccccc32)cc1. The van der Waals surface area contributed by atoms with Crippen LogP contribution in [0.2, 0.25) is 0 Å². The molecule has 130 valence electrons. The van der Waals surface area contributed by atoms with Crippen LogP contribution in [0, 0.1) is 0 Å². The topological polar surface area (TPSA) is 49.4 Å². The van der Waals surface area contributed by atoms with E-state index in [0.29, 0.717) is 24.4 Å². The number of para-hydroxylation sites is 1. The molecule has 1 N–H and O–H groups in total. The molecule has 1 aliphatic heterocycles. The zero-order chi connectivity index (χ0) is 17.6. The van der Waals surface area contributed by atoms with E-state index in [0.717, 1.165) is 29.0 Å². The zero-order valence-corrected chi connectivity index (χ0v) is 15.1. The molecule has 0 saturated carbocycles. The number of hydrogen-bond acceptors (Lipinski definition) is 3. The summed E-state index contributed by atoms with van der Waals surface area (Å²) in [6.45, 7) is 3.32. The van der Waals surface area contributed by atoms with Gasteiger partial charge in [0, 0.05) is 17.0 Å². The zero-order valence-electron chi connectivity index (χ0n) is 14.3. The smallest absolute Gasteiger partial charge is 0.251 e. The number of carbonyl (C=O) groups is 2. The number of fused-ring (bicyclic) bond motifs is 1. The molecule has 0 radical (unpaired) electrons. The Morgan fingerprint density at radius 3 is 2.68 bits per heavy atom. The van der Waals surface area contributed by atoms with Gasteiger partial charge in [-0.1, -0.05) is 37.6 Å². The highest BCUT2D eigenvalue weighted by atomic mass is 32.2. The summed E-state index contributed by atoms with van der Waals surface area (Å²) in [5, 5.41) is 2.91. The molecular weight excluding hydrogens is 332 g/mol. The molecule has 4 nitrogen and oxygen atoms in total. The molecule has 0 fully saturated rings. The molecule has 1 heterocycles. The third kappa shape index (κ3) is 4.23. The van der Waals surface area contributed by atoms with Gasteiger partial charge in [-0.05, 0) is 36.2 Å². The first-order valence-corrected chi connectivity index (χ1v) is 9.57. The predicted octanol–water partition coefficient (Wildman–Crippen LogP) is 3.86. The fraction of sp³-hybridized carbons (Fsp3) is 0.300. The van der Waals surface area contributed by atoms with Gasteiger partial charge in [0.2, 0.25) is 5.91 Å². The maximum atomic E-state index is 12.3. The number of carbonyl (C=O) groups excluding carboxylic acids is 2. The molecule has 0 spiro atoms. The fourth-order valence-electron chi connectivity index (χ4n) is 2.75. The van der Waals surface area contributed by atoms with Gasteiger partial charge < -0.3 is 10.2 Å². The van der Waals surface area contributed by atoms with Crippen molar-refractivity contribution in [2.24, 2.45) is 0 Å². The highest BCUT2D eigenvalue weighted by Gasteiger charge is 2.24. The van der Waals surface area contributed by atoms with E-state index >= 15 is 0 Å². The molecule has 2 amide bonds. The van der Waals surface area contributed by atoms with Crippen molar-refractivity contribution < 1.29 is 9.59 Å². The van der Waals surface area contributed by atoms with Gasteiger partial charge in [0.15, 0.2) is 0 Å². The molecule has 0 aromatic heterocycles. The van der Waals surface area contributed by atoms with Crippen LogP contribution in [0.15, 0.2) is 53.4 Å². The van der Waals surface area contributed by atoms with E-state index < -0.39 is 0 Å². The maximum absolute atomic E-state index is 12.3. The number of hydrogen-bond donors (Lipinski definition) is 1. The van der Waals surface area contributed by atoms with E-state index in [-0.39, 0.29) is 11.8 Å². The second kappa shape index (κ2) is 8.21. The first-order valence-electron chi connectivity index (χ1n) is 8.58. The van der Waals surface area contributed by atoms with Crippen LogP contribution in [0.5, 0.6) is 0 Å². The summed E-state index contributed by atoms with van der Waals surface area (Å²) >= 11 is 1.58. The van der Waals surface area contributed by atoms with Crippen molar-refractivity contribution in [3.05, 3.63) is 59.7 Å². The van der Waals surface area contributed by atoms with Gasteiger partial charge in [-0.2, -0.15) is 0 Å². The average molecular weight is 354 g/mol. The molecule has 2 aromatic rings. The Morgan fingerprint density at radius 1 is 1.16 bits per heavy atom. The molecule has 25 heavy (non-hydrogen) atoms. The number of unbranched alkanes of at least 4 members (excludes halogenated alkanes) is 1. The first kappa shape index (κ1) is 17.5. The highest BCUT2D eigenvalue weighted by molar-refractivity contribution is 8.00. The number of thioether (sulfide) groups is 1. The molecule has 0 atom stereocenters. The highest BCUT2D eigenvalue weighted by Crippen LogP contribution is 2.35. The van der Waals surface area contributed by atoms with Gasteiger partial charge in [-0.15, -0.1) is 11.8 Å². The molecule has 5 heteroatoms. The summed E-state index contributed by atoms with van der Waals surface area (Å²) in [6, 6.07) is 15.5. The molecule has 2 aromatic carbocycles. The minimum atomic E-state index is -0.0456. The summed E-state index contributed by atoms with van der Waals surface area (Å²) in [6.07, 6.45) is 2.04. The molecule has 3 rings (SSSR count). The van der Waals surface area contributed by atoms with E-state index in [1.165, 1.54) is 0 Å². The Balaban J connectivity index is 1.69. The lowest BCUT2D eigenvalue weighted by Gasteiger charge is -2.29. The van der Waals surface area contributed by atoms with Crippen molar-refractivity contribution in [1.29, 1.82) is 0 Å². The minimum Gasteiger partial charge on any atom is -0.352 e. The van der Waals surface area contributed by atoms with Crippen molar-refractivity contribution in [2.45, 2.75) is 31.2 Å². The van der Waals surface area contributed by atoms with Crippen molar-refractivity contribution in [3.63, 3.8) is 0 Å². The van der Waals surface area contributed by atoms with Crippen LogP contribution < -0.4 is 10.2 Å². The molecular formula is C20H22N2O2S. The summed E-state index contributed by atoms with van der Waals surface area (Å²) in [4.78, 5) is 27.3. The molecule has 0 aliphatic carbocycles. The van der Waals surface area contributed by atoms with E-state index in [1.54, 1.807) is 11.8 Å². The van der Waals surface area contributed by atoms with Gasteiger partial charge >= 0.3 is 0 Å². The minimum absolute atomic E-state index is 0.0456. The first-order chi connectivity index (χ1) is 12.2. The van der Waals surface area contributed by atoms with Crippen LogP contribution in [0.25, 0.3) is 0 Å². The van der Waals surface area contributed by atoms with Crippen LogP contribution in [0.1, 0.15) is 35.7 Å². The Hall–Kier alpha value is -2.27. The van der Waals surface area contributed by atoms with Gasteiger partial charge in [-0.3, -0.25) is 9.59 Å². The van der Waals surface area contributed by atoms with Gasteiger partial charge in [-0.25, -0.2) is 0 Å². The second-order valence-corrected chi connectivity index (χ2v) is 7.06. The Labute approximate surface area is 152 Å². The third-order valence-electron chi connectivity index (χ3n) is 4.18. The predicted molar refractivity (Wildman–Crippen MR) is 102 cm³/mol. The van der Waals surface area contributed by atoms with E-state index in [9.17, 15) is 9.59 Å². The molecule has 1 aliphatic rings. The van der Waals surface area contributed by atoms with Crippen LogP contribution >= 0.6 is 11.8 Å². The Kier molecular flexibility index (Phi) is 5.76. The maximum Gasteiger partial charge on any atom is 0.251 e. The molecule has 0 bridgehead atoms. The number of rotatable bonds is 6. The summed E-state index contributed by atoms with van der Waals surface area (Å²) < 4.78 is 0. The molecule has 0 saturated heterocycles. The van der Waals surface area contributed by atoms with E-state index in [2.05, 4.69) is 12.2 Å². The number of benzene rings is 2. The fourth-order valence-corrected chi connectivity index (χ4v) is 3.69. The lowest BCUT2D eigenvalue weighted by atomic mass is 10.1. The van der Waals surface area contributed by atoms with Crippen molar-refractivity contribution >= 4 is 29.3 Å². The quantitative estimate of drug-likeness (QED) is 0.802. The van der Waals surface area contributed by atoms with Crippen LogP contribution in [0.3, 0.4) is 0 Å². The summed E-state index contributed by atoms with van der Waals surface area (Å²) in [5.41, 5.74) is 2.63. The third-order valence-corrected chi connectivity index (χ3v) is 5.23. The lowest BCUT2D eigenvalue weighted by Crippen LogP contribution is -2.34. The normalized spacial score (nSPS) is 13.5. The number of anilines is 1. The number of nitrogens with one attached hydrogen (secondary N) is 1. The van der Waals surface area contributed by atoms with Gasteiger partial charge in [0.25, 0.3) is 5.91 Å². The van der Waals surface area contributed by atoms with Crippen LogP contribution in [-0.4, -0.2) is 24.1 Å². The number of amides is 2. The standard InChI is InChI=1S/C20H22N2O2S/c1-2-3-12-21-20(24)16-10-8-15(9-11-16)13-22-17-6-4-5-7-18(17)25-14-19(22)23/h4-11H,2-3,12-14H2,1H3,(H,21,24). The number of nitrogens with zero attached hydrogens (tertiary/aromatic N) is 1. The summed E-state index contributed by atoms with van der Waals surface area (Å²) in [5.74, 6) is 0.537. The monoisotopic (exact) mass is 354 g/mol. The average Bonchev–Trinajstić information content (AvgIpc) is 2.65. The van der Waals surface area contributed by atoms with Crippen LogP contribution in [0.4, 0.5) is 5.69 Å². The Morgan fingerprint density at radius 2 is 1.92 bits per heavy atom. The van der Waals surface area contributed by atoms with Crippen molar-refractivity contribution in [3.8, 4) is 0 Å². The van der Waals surface area contributed by atoms with Gasteiger partial charge in [0.1, 0.15) is 0 Å². The lowest BCUT2D eigenvalue weighted by molar-refractivity contribution is -0.116. The van der Waals surface area contributed by atoms with Crippen LogP contribution in [-0.2, 0) is 11.3 Å². The second-order valence-electron chi connectivity index (χ2n) is 6.04. The van der Waals surface area contributed by atoms with Gasteiger partial charge in [0.05, 0.1) is 18.0 Å². The van der Waals surface area contributed by atoms with Crippen molar-refractivity contribution in [1.82, 2.24) is 5.32 Å². The van der Waals surface area contributed by atoms with E-state index in [1.807, 2.05) is 53.4 Å². The van der Waals surface area contributed by atoms with Crippen molar-refractivity contribution in [2.75, 3.05) is 17.2 Å².